The molecule has 0 saturated carbocycles. The number of hydrogen-bond acceptors (Lipinski definition) is 4. The van der Waals surface area contributed by atoms with Crippen LogP contribution in [0.2, 0.25) is 5.02 Å². The Labute approximate surface area is 135 Å². The van der Waals surface area contributed by atoms with E-state index in [0.29, 0.717) is 42.8 Å². The number of benzene rings is 1. The summed E-state index contributed by atoms with van der Waals surface area (Å²) in [6, 6.07) is 3.54. The van der Waals surface area contributed by atoms with Crippen molar-refractivity contribution < 1.29 is 14.3 Å². The maximum Gasteiger partial charge on any atom is 0.224 e. The van der Waals surface area contributed by atoms with Crippen LogP contribution in [0.25, 0.3) is 0 Å². The molecule has 1 unspecified atom stereocenters. The standard InChI is InChI=1S/C14H19ClN2O3.ClH/c1-9(7-16)8-17-13(18)6-10-4-11(15)14-12(5-10)19-2-3-20-14;/h4-5,9H,2-3,6-8,16H2,1H3,(H,17,18);1H. The van der Waals surface area contributed by atoms with E-state index in [1.165, 1.54) is 0 Å². The van der Waals surface area contributed by atoms with E-state index in [0.717, 1.165) is 5.56 Å². The third-order valence-corrected chi connectivity index (χ3v) is 3.35. The lowest BCUT2D eigenvalue weighted by Gasteiger charge is -2.20. The van der Waals surface area contributed by atoms with E-state index in [4.69, 9.17) is 26.8 Å². The van der Waals surface area contributed by atoms with Crippen molar-refractivity contribution in [1.29, 1.82) is 0 Å². The van der Waals surface area contributed by atoms with Gasteiger partial charge in [0.2, 0.25) is 5.91 Å². The molecule has 1 aromatic rings. The molecule has 1 aromatic carbocycles. The number of rotatable bonds is 5. The molecule has 3 N–H and O–H groups in total. The fraction of sp³-hybridized carbons (Fsp3) is 0.500. The van der Waals surface area contributed by atoms with E-state index < -0.39 is 0 Å². The number of ether oxygens (including phenoxy) is 2. The van der Waals surface area contributed by atoms with Crippen molar-refractivity contribution in [2.75, 3.05) is 26.3 Å². The molecule has 0 aliphatic carbocycles. The number of halogens is 2. The highest BCUT2D eigenvalue weighted by atomic mass is 35.5. The highest BCUT2D eigenvalue weighted by Crippen LogP contribution is 2.38. The van der Waals surface area contributed by atoms with Crippen LogP contribution in [0.3, 0.4) is 0 Å². The van der Waals surface area contributed by atoms with E-state index in [9.17, 15) is 4.79 Å². The van der Waals surface area contributed by atoms with Crippen LogP contribution in [0, 0.1) is 5.92 Å². The second kappa shape index (κ2) is 8.32. The maximum absolute atomic E-state index is 11.8. The van der Waals surface area contributed by atoms with Crippen molar-refractivity contribution in [3.63, 3.8) is 0 Å². The average molecular weight is 335 g/mol. The number of carbonyl (C=O) groups excluding carboxylic acids is 1. The smallest absolute Gasteiger partial charge is 0.224 e. The molecular weight excluding hydrogens is 315 g/mol. The fourth-order valence-corrected chi connectivity index (χ4v) is 2.17. The van der Waals surface area contributed by atoms with Crippen LogP contribution in [0.5, 0.6) is 11.5 Å². The zero-order valence-electron chi connectivity index (χ0n) is 11.9. The molecule has 2 rings (SSSR count). The molecular formula is C14H20Cl2N2O3. The molecule has 1 atom stereocenters. The maximum atomic E-state index is 11.8. The van der Waals surface area contributed by atoms with Crippen LogP contribution in [0.15, 0.2) is 12.1 Å². The largest absolute Gasteiger partial charge is 0.486 e. The summed E-state index contributed by atoms with van der Waals surface area (Å²) in [5.74, 6) is 1.36. The minimum absolute atomic E-state index is 0. The van der Waals surface area contributed by atoms with Gasteiger partial charge in [0.1, 0.15) is 13.2 Å². The minimum Gasteiger partial charge on any atom is -0.486 e. The molecule has 118 valence electrons. The zero-order chi connectivity index (χ0) is 14.5. The van der Waals surface area contributed by atoms with Gasteiger partial charge in [-0.15, -0.1) is 12.4 Å². The number of fused-ring (bicyclic) bond motifs is 1. The van der Waals surface area contributed by atoms with Gasteiger partial charge >= 0.3 is 0 Å². The molecule has 0 aromatic heterocycles. The summed E-state index contributed by atoms with van der Waals surface area (Å²) in [5, 5.41) is 3.32. The summed E-state index contributed by atoms with van der Waals surface area (Å²) in [6.45, 7) is 4.10. The van der Waals surface area contributed by atoms with Gasteiger partial charge in [0.15, 0.2) is 11.5 Å². The highest BCUT2D eigenvalue weighted by Gasteiger charge is 2.17. The molecule has 1 aliphatic heterocycles. The lowest BCUT2D eigenvalue weighted by molar-refractivity contribution is -0.120. The molecule has 0 spiro atoms. The summed E-state index contributed by atoms with van der Waals surface area (Å²) in [7, 11) is 0. The number of carbonyl (C=O) groups is 1. The second-order valence-electron chi connectivity index (χ2n) is 4.92. The molecule has 7 heteroatoms. The molecule has 0 saturated heterocycles. The Bertz CT molecular complexity index is 497. The predicted molar refractivity (Wildman–Crippen MR) is 84.6 cm³/mol. The lowest BCUT2D eigenvalue weighted by atomic mass is 10.1. The van der Waals surface area contributed by atoms with E-state index in [-0.39, 0.29) is 30.7 Å². The first-order valence-electron chi connectivity index (χ1n) is 6.65. The SMILES string of the molecule is CC(CN)CNC(=O)Cc1cc(Cl)c2c(c1)OCCO2.Cl. The van der Waals surface area contributed by atoms with Gasteiger partial charge in [-0.3, -0.25) is 4.79 Å². The predicted octanol–water partition coefficient (Wildman–Crippen LogP) is 1.79. The van der Waals surface area contributed by atoms with Crippen molar-refractivity contribution >= 4 is 29.9 Å². The summed E-state index contributed by atoms with van der Waals surface area (Å²) >= 11 is 6.13. The van der Waals surface area contributed by atoms with Crippen molar-refractivity contribution in [1.82, 2.24) is 5.32 Å². The summed E-state index contributed by atoms with van der Waals surface area (Å²) in [5.41, 5.74) is 6.31. The average Bonchev–Trinajstić information content (AvgIpc) is 2.44. The summed E-state index contributed by atoms with van der Waals surface area (Å²) in [6.07, 6.45) is 0.258. The van der Waals surface area contributed by atoms with E-state index in [1.807, 2.05) is 6.92 Å². The summed E-state index contributed by atoms with van der Waals surface area (Å²) < 4.78 is 10.9. The van der Waals surface area contributed by atoms with Gasteiger partial charge in [-0.25, -0.2) is 0 Å². The third kappa shape index (κ3) is 4.95. The second-order valence-corrected chi connectivity index (χ2v) is 5.33. The van der Waals surface area contributed by atoms with Crippen LogP contribution in [-0.2, 0) is 11.2 Å². The molecule has 1 aliphatic rings. The Kier molecular flexibility index (Phi) is 7.08. The van der Waals surface area contributed by atoms with Crippen molar-refractivity contribution in [2.24, 2.45) is 11.7 Å². The molecule has 1 heterocycles. The van der Waals surface area contributed by atoms with Gasteiger partial charge in [-0.05, 0) is 30.2 Å². The Morgan fingerprint density at radius 3 is 2.86 bits per heavy atom. The minimum atomic E-state index is -0.0574. The van der Waals surface area contributed by atoms with Crippen molar-refractivity contribution in [3.8, 4) is 11.5 Å². The number of hydrogen-bond donors (Lipinski definition) is 2. The van der Waals surface area contributed by atoms with E-state index in [1.54, 1.807) is 12.1 Å². The van der Waals surface area contributed by atoms with Gasteiger partial charge in [0, 0.05) is 6.54 Å². The number of nitrogens with one attached hydrogen (secondary N) is 1. The molecule has 1 amide bonds. The Morgan fingerprint density at radius 2 is 2.14 bits per heavy atom. The first-order chi connectivity index (χ1) is 9.60. The van der Waals surface area contributed by atoms with Crippen LogP contribution in [-0.4, -0.2) is 32.2 Å². The fourth-order valence-electron chi connectivity index (χ4n) is 1.89. The van der Waals surface area contributed by atoms with Crippen molar-refractivity contribution in [2.45, 2.75) is 13.3 Å². The Balaban J connectivity index is 0.00000220. The van der Waals surface area contributed by atoms with Crippen LogP contribution in [0.1, 0.15) is 12.5 Å². The molecule has 5 nitrogen and oxygen atoms in total. The summed E-state index contributed by atoms with van der Waals surface area (Å²) in [4.78, 5) is 11.8. The first kappa shape index (κ1) is 17.9. The normalized spacial score (nSPS) is 14.0. The molecule has 0 radical (unpaired) electrons. The lowest BCUT2D eigenvalue weighted by Crippen LogP contribution is -2.32. The number of nitrogens with two attached hydrogens (primary N) is 1. The number of amides is 1. The topological polar surface area (TPSA) is 73.6 Å². The van der Waals surface area contributed by atoms with Gasteiger partial charge in [-0.2, -0.15) is 0 Å². The Hall–Kier alpha value is -1.17. The molecule has 0 bridgehead atoms. The van der Waals surface area contributed by atoms with Crippen LogP contribution >= 0.6 is 24.0 Å². The van der Waals surface area contributed by atoms with Gasteiger partial charge < -0.3 is 20.5 Å². The van der Waals surface area contributed by atoms with Gasteiger partial charge in [0.25, 0.3) is 0 Å². The first-order valence-corrected chi connectivity index (χ1v) is 7.02. The highest BCUT2D eigenvalue weighted by molar-refractivity contribution is 6.32. The van der Waals surface area contributed by atoms with E-state index in [2.05, 4.69) is 5.32 Å². The van der Waals surface area contributed by atoms with Crippen LogP contribution in [0.4, 0.5) is 0 Å². The van der Waals surface area contributed by atoms with Gasteiger partial charge in [-0.1, -0.05) is 18.5 Å². The van der Waals surface area contributed by atoms with E-state index >= 15 is 0 Å². The molecule has 0 fully saturated rings. The monoisotopic (exact) mass is 334 g/mol. The van der Waals surface area contributed by atoms with Gasteiger partial charge in [0.05, 0.1) is 11.4 Å². The third-order valence-electron chi connectivity index (χ3n) is 3.07. The zero-order valence-corrected chi connectivity index (χ0v) is 13.4. The Morgan fingerprint density at radius 1 is 1.43 bits per heavy atom. The van der Waals surface area contributed by atoms with Crippen LogP contribution < -0.4 is 20.5 Å². The molecule has 21 heavy (non-hydrogen) atoms. The van der Waals surface area contributed by atoms with Crippen molar-refractivity contribution in [3.05, 3.63) is 22.7 Å². The quantitative estimate of drug-likeness (QED) is 0.860.